The van der Waals surface area contributed by atoms with Crippen molar-refractivity contribution in [1.29, 1.82) is 5.26 Å². The fourth-order valence-electron chi connectivity index (χ4n) is 1.28. The first-order valence-electron chi connectivity index (χ1n) is 5.36. The number of rotatable bonds is 4. The maximum atomic E-state index is 11.6. The second kappa shape index (κ2) is 5.75. The van der Waals surface area contributed by atoms with Gasteiger partial charge in [-0.05, 0) is 25.1 Å². The molecule has 0 heterocycles. The minimum Gasteiger partial charge on any atom is -0.397 e. The topological polar surface area (TPSA) is 82.2 Å². The molecule has 3 N–H and O–H groups in total. The Balaban J connectivity index is 2.65. The third-order valence-electron chi connectivity index (χ3n) is 2.51. The predicted molar refractivity (Wildman–Crippen MR) is 67.4 cm³/mol. The van der Waals surface area contributed by atoms with Crippen LogP contribution in [0.1, 0.15) is 12.5 Å². The Hall–Kier alpha value is -2.22. The Morgan fingerprint density at radius 3 is 2.82 bits per heavy atom. The number of anilines is 2. The van der Waals surface area contributed by atoms with Crippen molar-refractivity contribution in [3.63, 3.8) is 0 Å². The summed E-state index contributed by atoms with van der Waals surface area (Å²) in [6.07, 6.45) is 0. The Morgan fingerprint density at radius 1 is 1.59 bits per heavy atom. The van der Waals surface area contributed by atoms with Crippen molar-refractivity contribution in [1.82, 2.24) is 4.90 Å². The van der Waals surface area contributed by atoms with E-state index in [4.69, 9.17) is 11.0 Å². The molecule has 1 rings (SSSR count). The molecule has 0 unspecified atom stereocenters. The van der Waals surface area contributed by atoms with Crippen LogP contribution in [0.15, 0.2) is 18.2 Å². The summed E-state index contributed by atoms with van der Waals surface area (Å²) < 4.78 is 0. The molecule has 1 aromatic carbocycles. The van der Waals surface area contributed by atoms with Gasteiger partial charge in [0.15, 0.2) is 0 Å². The van der Waals surface area contributed by atoms with Gasteiger partial charge < -0.3 is 16.0 Å². The quantitative estimate of drug-likeness (QED) is 0.760. The normalized spacial score (nSPS) is 9.47. The van der Waals surface area contributed by atoms with Crippen LogP contribution < -0.4 is 11.1 Å². The van der Waals surface area contributed by atoms with Crippen LogP contribution in [0.4, 0.5) is 11.4 Å². The van der Waals surface area contributed by atoms with Crippen molar-refractivity contribution in [2.45, 2.75) is 6.92 Å². The van der Waals surface area contributed by atoms with E-state index in [2.05, 4.69) is 5.32 Å². The van der Waals surface area contributed by atoms with Gasteiger partial charge in [0.05, 0.1) is 29.6 Å². The van der Waals surface area contributed by atoms with E-state index in [0.717, 1.165) is 0 Å². The maximum Gasteiger partial charge on any atom is 0.241 e. The molecule has 0 fully saturated rings. The smallest absolute Gasteiger partial charge is 0.241 e. The van der Waals surface area contributed by atoms with Gasteiger partial charge in [-0.3, -0.25) is 4.79 Å². The average Bonchev–Trinajstić information content (AvgIpc) is 2.35. The summed E-state index contributed by atoms with van der Waals surface area (Å²) in [5.74, 6) is -0.00346. The van der Waals surface area contributed by atoms with Gasteiger partial charge in [-0.2, -0.15) is 5.26 Å². The zero-order valence-electron chi connectivity index (χ0n) is 10.0. The highest BCUT2D eigenvalue weighted by atomic mass is 16.2. The molecule has 0 radical (unpaired) electrons. The van der Waals surface area contributed by atoms with Gasteiger partial charge in [-0.1, -0.05) is 0 Å². The number of hydrogen-bond acceptors (Lipinski definition) is 4. The predicted octanol–water partition coefficient (Wildman–Crippen LogP) is 1.03. The van der Waals surface area contributed by atoms with Gasteiger partial charge in [-0.15, -0.1) is 0 Å². The molecule has 0 aliphatic heterocycles. The molecule has 0 bridgehead atoms. The van der Waals surface area contributed by atoms with E-state index in [1.54, 1.807) is 30.1 Å². The zero-order chi connectivity index (χ0) is 12.8. The lowest BCUT2D eigenvalue weighted by Crippen LogP contribution is -2.32. The van der Waals surface area contributed by atoms with Gasteiger partial charge >= 0.3 is 0 Å². The lowest BCUT2D eigenvalue weighted by molar-refractivity contribution is -0.127. The second-order valence-electron chi connectivity index (χ2n) is 3.68. The summed E-state index contributed by atoms with van der Waals surface area (Å²) in [5, 5.41) is 11.6. The molecule has 5 nitrogen and oxygen atoms in total. The molecule has 0 saturated heterocycles. The maximum absolute atomic E-state index is 11.6. The first-order valence-corrected chi connectivity index (χ1v) is 5.36. The van der Waals surface area contributed by atoms with Crippen molar-refractivity contribution >= 4 is 17.3 Å². The van der Waals surface area contributed by atoms with Crippen molar-refractivity contribution in [3.8, 4) is 6.07 Å². The number of nitriles is 1. The average molecular weight is 232 g/mol. The van der Waals surface area contributed by atoms with Gasteiger partial charge in [0.25, 0.3) is 0 Å². The fourth-order valence-corrected chi connectivity index (χ4v) is 1.28. The van der Waals surface area contributed by atoms with Crippen LogP contribution in [0.2, 0.25) is 0 Å². The third kappa shape index (κ3) is 3.38. The molecular formula is C12H16N4O. The number of hydrogen-bond donors (Lipinski definition) is 2. The Labute approximate surface area is 101 Å². The number of nitrogens with one attached hydrogen (secondary N) is 1. The van der Waals surface area contributed by atoms with Gasteiger partial charge in [-0.25, -0.2) is 0 Å². The summed E-state index contributed by atoms with van der Waals surface area (Å²) in [6, 6.07) is 6.94. The summed E-state index contributed by atoms with van der Waals surface area (Å²) in [6.45, 7) is 2.78. The Kier molecular flexibility index (Phi) is 4.35. The van der Waals surface area contributed by atoms with Gasteiger partial charge in [0.1, 0.15) is 0 Å². The number of carbonyl (C=O) groups is 1. The number of carbonyl (C=O) groups excluding carboxylic acids is 1. The first-order chi connectivity index (χ1) is 8.08. The number of nitrogen functional groups attached to an aromatic ring is 1. The second-order valence-corrected chi connectivity index (χ2v) is 3.68. The fraction of sp³-hybridized carbons (Fsp3) is 0.333. The molecule has 90 valence electrons. The van der Waals surface area contributed by atoms with Crippen LogP contribution in [0.25, 0.3) is 0 Å². The summed E-state index contributed by atoms with van der Waals surface area (Å²) in [7, 11) is 1.74. The van der Waals surface area contributed by atoms with E-state index >= 15 is 0 Å². The molecule has 0 atom stereocenters. The van der Waals surface area contributed by atoms with Gasteiger partial charge in [0.2, 0.25) is 5.91 Å². The van der Waals surface area contributed by atoms with Crippen molar-refractivity contribution in [2.24, 2.45) is 0 Å². The van der Waals surface area contributed by atoms with Crippen molar-refractivity contribution in [3.05, 3.63) is 23.8 Å². The van der Waals surface area contributed by atoms with Crippen LogP contribution in [0.5, 0.6) is 0 Å². The van der Waals surface area contributed by atoms with Crippen LogP contribution in [-0.2, 0) is 4.79 Å². The monoisotopic (exact) mass is 232 g/mol. The number of nitrogens with two attached hydrogens (primary N) is 1. The standard InChI is InChI=1S/C12H16N4O/c1-3-16(2)12(17)8-15-11-5-4-9(7-13)6-10(11)14/h4-6,15H,3,8,14H2,1-2H3. The van der Waals surface area contributed by atoms with Crippen LogP contribution >= 0.6 is 0 Å². The van der Waals surface area contributed by atoms with E-state index in [1.165, 1.54) is 0 Å². The molecule has 17 heavy (non-hydrogen) atoms. The molecule has 0 aliphatic rings. The molecule has 0 aliphatic carbocycles. The Morgan fingerprint density at radius 2 is 2.29 bits per heavy atom. The summed E-state index contributed by atoms with van der Waals surface area (Å²) in [4.78, 5) is 13.2. The first kappa shape index (κ1) is 12.8. The highest BCUT2D eigenvalue weighted by Crippen LogP contribution is 2.19. The number of benzene rings is 1. The number of amides is 1. The Bertz CT molecular complexity index is 450. The summed E-state index contributed by atoms with van der Waals surface area (Å²) >= 11 is 0. The summed E-state index contributed by atoms with van der Waals surface area (Å²) in [5.41, 5.74) is 7.39. The van der Waals surface area contributed by atoms with E-state index in [0.29, 0.717) is 23.5 Å². The van der Waals surface area contributed by atoms with Crippen molar-refractivity contribution in [2.75, 3.05) is 31.2 Å². The van der Waals surface area contributed by atoms with E-state index in [1.807, 2.05) is 13.0 Å². The third-order valence-corrected chi connectivity index (χ3v) is 2.51. The van der Waals surface area contributed by atoms with E-state index in [9.17, 15) is 4.79 Å². The zero-order valence-corrected chi connectivity index (χ0v) is 10.0. The van der Waals surface area contributed by atoms with E-state index < -0.39 is 0 Å². The molecule has 1 aromatic rings. The van der Waals surface area contributed by atoms with Gasteiger partial charge in [0, 0.05) is 13.6 Å². The largest absolute Gasteiger partial charge is 0.397 e. The highest BCUT2D eigenvalue weighted by molar-refractivity contribution is 5.82. The van der Waals surface area contributed by atoms with Crippen molar-refractivity contribution < 1.29 is 4.79 Å². The minimum atomic E-state index is -0.00346. The molecule has 0 saturated carbocycles. The molecule has 1 amide bonds. The lowest BCUT2D eigenvalue weighted by atomic mass is 10.2. The molecule has 0 aromatic heterocycles. The minimum absolute atomic E-state index is 0.00346. The number of likely N-dealkylation sites (N-methyl/N-ethyl adjacent to an activating group) is 1. The SMILES string of the molecule is CCN(C)C(=O)CNc1ccc(C#N)cc1N. The number of nitrogens with zero attached hydrogens (tertiary/aromatic N) is 2. The highest BCUT2D eigenvalue weighted by Gasteiger charge is 2.07. The van der Waals surface area contributed by atoms with Crippen LogP contribution in [0.3, 0.4) is 0 Å². The molecule has 0 spiro atoms. The molecular weight excluding hydrogens is 216 g/mol. The van der Waals surface area contributed by atoms with E-state index in [-0.39, 0.29) is 12.5 Å². The van der Waals surface area contributed by atoms with Crippen LogP contribution in [-0.4, -0.2) is 30.9 Å². The molecule has 5 heteroatoms. The lowest BCUT2D eigenvalue weighted by Gasteiger charge is -2.16. The van der Waals surface area contributed by atoms with Crippen LogP contribution in [0, 0.1) is 11.3 Å².